The summed E-state index contributed by atoms with van der Waals surface area (Å²) in [6.07, 6.45) is 1.87. The number of hydrogen-bond acceptors (Lipinski definition) is 3. The molecule has 0 fully saturated rings. The summed E-state index contributed by atoms with van der Waals surface area (Å²) in [4.78, 5) is 11.0. The Balaban J connectivity index is 3.17. The van der Waals surface area contributed by atoms with Gasteiger partial charge in [0.25, 0.3) is 0 Å². The van der Waals surface area contributed by atoms with Crippen molar-refractivity contribution in [3.05, 3.63) is 0 Å². The molecule has 4 nitrogen and oxygen atoms in total. The molecule has 0 radical (unpaired) electrons. The molecule has 0 aromatic heterocycles. The zero-order chi connectivity index (χ0) is 10.1. The number of hydrogen-bond donors (Lipinski definition) is 2. The summed E-state index contributed by atoms with van der Waals surface area (Å²) in [5.74, 6) is -0.0495. The Hall–Kier alpha value is -0.610. The predicted octanol–water partition coefficient (Wildman–Crippen LogP) is 0.267. The highest BCUT2D eigenvalue weighted by molar-refractivity contribution is 5.77. The first-order valence-corrected chi connectivity index (χ1v) is 4.76. The number of amides is 1. The number of ether oxygens (including phenoxy) is 1. The van der Waals surface area contributed by atoms with Crippen LogP contribution in [-0.2, 0) is 9.53 Å². The fourth-order valence-electron chi connectivity index (χ4n) is 0.898. The average molecular weight is 188 g/mol. The third-order valence-corrected chi connectivity index (χ3v) is 1.60. The van der Waals surface area contributed by atoms with Crippen LogP contribution in [0.5, 0.6) is 0 Å². The minimum absolute atomic E-state index is 0.0495. The number of nitrogens with two attached hydrogens (primary N) is 1. The quantitative estimate of drug-likeness (QED) is 0.563. The Labute approximate surface area is 79.8 Å². The zero-order valence-electron chi connectivity index (χ0n) is 8.51. The third-order valence-electron chi connectivity index (χ3n) is 1.60. The first-order valence-electron chi connectivity index (χ1n) is 4.76. The van der Waals surface area contributed by atoms with E-state index in [4.69, 9.17) is 10.5 Å². The van der Waals surface area contributed by atoms with Crippen molar-refractivity contribution in [3.8, 4) is 0 Å². The third kappa shape index (κ3) is 9.30. The minimum atomic E-state index is -0.0495. The Bertz CT molecular complexity index is 138. The first-order chi connectivity index (χ1) is 6.16. The second kappa shape index (κ2) is 8.01. The maximum atomic E-state index is 11.0. The summed E-state index contributed by atoms with van der Waals surface area (Å²) in [7, 11) is 0. The minimum Gasteiger partial charge on any atom is -0.372 e. The van der Waals surface area contributed by atoms with Crippen molar-refractivity contribution in [2.24, 2.45) is 5.73 Å². The van der Waals surface area contributed by atoms with E-state index in [1.165, 1.54) is 0 Å². The van der Waals surface area contributed by atoms with Crippen molar-refractivity contribution in [1.82, 2.24) is 5.32 Å². The Morgan fingerprint density at radius 1 is 1.62 bits per heavy atom. The molecule has 1 amide bonds. The molecule has 0 aliphatic carbocycles. The summed E-state index contributed by atoms with van der Waals surface area (Å²) in [5, 5.41) is 2.75. The normalized spacial score (nSPS) is 12.5. The van der Waals surface area contributed by atoms with Gasteiger partial charge in [-0.2, -0.15) is 0 Å². The molecule has 0 bridgehead atoms. The monoisotopic (exact) mass is 188 g/mol. The van der Waals surface area contributed by atoms with Gasteiger partial charge in [0, 0.05) is 19.2 Å². The van der Waals surface area contributed by atoms with Crippen LogP contribution in [0.2, 0.25) is 0 Å². The summed E-state index contributed by atoms with van der Waals surface area (Å²) in [5.41, 5.74) is 5.55. The van der Waals surface area contributed by atoms with E-state index in [1.54, 1.807) is 0 Å². The highest BCUT2D eigenvalue weighted by atomic mass is 16.5. The molecule has 13 heavy (non-hydrogen) atoms. The standard InChI is InChI=1S/C9H20N2O2/c1-3-13-7-9(12)11-6-4-5-8(2)10/h8H,3-7,10H2,1-2H3,(H,11,12). The van der Waals surface area contributed by atoms with Crippen LogP contribution in [0.4, 0.5) is 0 Å². The van der Waals surface area contributed by atoms with E-state index >= 15 is 0 Å². The molecule has 1 unspecified atom stereocenters. The van der Waals surface area contributed by atoms with E-state index in [2.05, 4.69) is 5.32 Å². The molecule has 0 spiro atoms. The molecule has 78 valence electrons. The molecule has 0 rings (SSSR count). The van der Waals surface area contributed by atoms with Gasteiger partial charge in [-0.25, -0.2) is 0 Å². The van der Waals surface area contributed by atoms with Gasteiger partial charge in [-0.05, 0) is 26.7 Å². The van der Waals surface area contributed by atoms with Crippen molar-refractivity contribution in [2.45, 2.75) is 32.7 Å². The molecule has 4 heteroatoms. The second-order valence-corrected chi connectivity index (χ2v) is 3.11. The van der Waals surface area contributed by atoms with Gasteiger partial charge >= 0.3 is 0 Å². The van der Waals surface area contributed by atoms with Crippen LogP contribution in [0, 0.1) is 0 Å². The fourth-order valence-corrected chi connectivity index (χ4v) is 0.898. The van der Waals surface area contributed by atoms with Crippen LogP contribution >= 0.6 is 0 Å². The highest BCUT2D eigenvalue weighted by Gasteiger charge is 1.99. The molecule has 1 atom stereocenters. The molecule has 0 heterocycles. The maximum absolute atomic E-state index is 11.0. The van der Waals surface area contributed by atoms with Crippen molar-refractivity contribution in [1.29, 1.82) is 0 Å². The average Bonchev–Trinajstić information content (AvgIpc) is 2.08. The van der Waals surface area contributed by atoms with E-state index in [9.17, 15) is 4.79 Å². The van der Waals surface area contributed by atoms with E-state index in [1.807, 2.05) is 13.8 Å². The number of nitrogens with one attached hydrogen (secondary N) is 1. The molecular weight excluding hydrogens is 168 g/mol. The lowest BCUT2D eigenvalue weighted by atomic mass is 10.2. The molecule has 0 aromatic rings. The van der Waals surface area contributed by atoms with Gasteiger partial charge in [0.1, 0.15) is 6.61 Å². The smallest absolute Gasteiger partial charge is 0.245 e. The van der Waals surface area contributed by atoms with Crippen molar-refractivity contribution < 1.29 is 9.53 Å². The van der Waals surface area contributed by atoms with Crippen LogP contribution in [0.3, 0.4) is 0 Å². The zero-order valence-corrected chi connectivity index (χ0v) is 8.51. The number of rotatable bonds is 7. The SMILES string of the molecule is CCOCC(=O)NCCCC(C)N. The predicted molar refractivity (Wildman–Crippen MR) is 52.4 cm³/mol. The van der Waals surface area contributed by atoms with E-state index in [0.717, 1.165) is 12.8 Å². The Morgan fingerprint density at radius 2 is 2.31 bits per heavy atom. The molecule has 0 saturated heterocycles. The first kappa shape index (κ1) is 12.4. The molecule has 0 aromatic carbocycles. The van der Waals surface area contributed by atoms with Gasteiger partial charge < -0.3 is 15.8 Å². The highest BCUT2D eigenvalue weighted by Crippen LogP contribution is 1.90. The van der Waals surface area contributed by atoms with E-state index in [-0.39, 0.29) is 18.6 Å². The van der Waals surface area contributed by atoms with Gasteiger partial charge in [0.05, 0.1) is 0 Å². The lowest BCUT2D eigenvalue weighted by molar-refractivity contribution is -0.125. The van der Waals surface area contributed by atoms with Gasteiger partial charge in [-0.3, -0.25) is 4.79 Å². The lowest BCUT2D eigenvalue weighted by Gasteiger charge is -2.06. The summed E-state index contributed by atoms with van der Waals surface area (Å²) >= 11 is 0. The lowest BCUT2D eigenvalue weighted by Crippen LogP contribution is -2.29. The van der Waals surface area contributed by atoms with Crippen LogP contribution in [0.25, 0.3) is 0 Å². The topological polar surface area (TPSA) is 64.3 Å². The second-order valence-electron chi connectivity index (χ2n) is 3.11. The number of carbonyl (C=O) groups excluding carboxylic acids is 1. The van der Waals surface area contributed by atoms with Crippen molar-refractivity contribution >= 4 is 5.91 Å². The summed E-state index contributed by atoms with van der Waals surface area (Å²) in [6, 6.07) is 0.212. The molecule has 0 aliphatic heterocycles. The molecule has 0 saturated carbocycles. The largest absolute Gasteiger partial charge is 0.372 e. The maximum Gasteiger partial charge on any atom is 0.245 e. The van der Waals surface area contributed by atoms with Crippen LogP contribution < -0.4 is 11.1 Å². The molecule has 0 aliphatic rings. The van der Waals surface area contributed by atoms with Gasteiger partial charge in [0.2, 0.25) is 5.91 Å². The fraction of sp³-hybridized carbons (Fsp3) is 0.889. The summed E-state index contributed by atoms with van der Waals surface area (Å²) < 4.78 is 4.94. The van der Waals surface area contributed by atoms with Crippen LogP contribution in [-0.4, -0.2) is 31.7 Å². The van der Waals surface area contributed by atoms with Crippen molar-refractivity contribution in [3.63, 3.8) is 0 Å². The Morgan fingerprint density at radius 3 is 2.85 bits per heavy atom. The number of carbonyl (C=O) groups is 1. The van der Waals surface area contributed by atoms with Crippen LogP contribution in [0.1, 0.15) is 26.7 Å². The van der Waals surface area contributed by atoms with Crippen molar-refractivity contribution in [2.75, 3.05) is 19.8 Å². The van der Waals surface area contributed by atoms with Gasteiger partial charge in [-0.15, -0.1) is 0 Å². The van der Waals surface area contributed by atoms with Gasteiger partial charge in [-0.1, -0.05) is 0 Å². The summed E-state index contributed by atoms with van der Waals surface area (Å²) in [6.45, 7) is 5.25. The van der Waals surface area contributed by atoms with Gasteiger partial charge in [0.15, 0.2) is 0 Å². The molecular formula is C9H20N2O2. The van der Waals surface area contributed by atoms with E-state index < -0.39 is 0 Å². The van der Waals surface area contributed by atoms with E-state index in [0.29, 0.717) is 13.2 Å². The van der Waals surface area contributed by atoms with Crippen LogP contribution in [0.15, 0.2) is 0 Å². The molecule has 3 N–H and O–H groups in total. The Kier molecular flexibility index (Phi) is 7.63.